The van der Waals surface area contributed by atoms with Crippen molar-refractivity contribution in [2.45, 2.75) is 30.9 Å². The zero-order chi connectivity index (χ0) is 19.5. The van der Waals surface area contributed by atoms with Crippen molar-refractivity contribution in [2.75, 3.05) is 11.1 Å². The first-order valence-corrected chi connectivity index (χ1v) is 10.6. The van der Waals surface area contributed by atoms with Crippen LogP contribution in [0.2, 0.25) is 0 Å². The lowest BCUT2D eigenvalue weighted by atomic mass is 10.1. The van der Waals surface area contributed by atoms with Gasteiger partial charge in [-0.05, 0) is 30.4 Å². The van der Waals surface area contributed by atoms with Crippen LogP contribution in [0, 0.1) is 0 Å². The van der Waals surface area contributed by atoms with Crippen molar-refractivity contribution in [1.82, 2.24) is 10.2 Å². The molecule has 0 fully saturated rings. The molecule has 2 amide bonds. The highest BCUT2D eigenvalue weighted by molar-refractivity contribution is 7.99. The van der Waals surface area contributed by atoms with Gasteiger partial charge in [-0.2, -0.15) is 0 Å². The van der Waals surface area contributed by atoms with Crippen LogP contribution in [0.1, 0.15) is 38.7 Å². The summed E-state index contributed by atoms with van der Waals surface area (Å²) in [6, 6.07) is 9.82. The van der Waals surface area contributed by atoms with Gasteiger partial charge < -0.3 is 15.5 Å². The summed E-state index contributed by atoms with van der Waals surface area (Å²) in [6.07, 6.45) is 3.33. The van der Waals surface area contributed by atoms with Crippen LogP contribution < -0.4 is 11.1 Å². The summed E-state index contributed by atoms with van der Waals surface area (Å²) >= 11 is 2.60. The summed E-state index contributed by atoms with van der Waals surface area (Å²) in [7, 11) is 0. The fourth-order valence-electron chi connectivity index (χ4n) is 3.18. The van der Waals surface area contributed by atoms with Crippen molar-refractivity contribution in [3.8, 4) is 0 Å². The molecule has 2 heterocycles. The van der Waals surface area contributed by atoms with Crippen LogP contribution in [-0.2, 0) is 24.1 Å². The number of anilines is 1. The van der Waals surface area contributed by atoms with Gasteiger partial charge in [0.1, 0.15) is 5.00 Å². The van der Waals surface area contributed by atoms with E-state index in [1.54, 1.807) is 0 Å². The molecule has 0 spiro atoms. The number of nitrogens with one attached hydrogen (secondary N) is 1. The third kappa shape index (κ3) is 4.10. The Bertz CT molecular complexity index is 1010. The lowest BCUT2D eigenvalue weighted by Crippen LogP contribution is -2.18. The molecule has 9 heteroatoms. The fraction of sp³-hybridized carbons (Fsp3) is 0.263. The van der Waals surface area contributed by atoms with Crippen molar-refractivity contribution >= 4 is 39.9 Å². The summed E-state index contributed by atoms with van der Waals surface area (Å²) in [5.41, 5.74) is 8.04. The Balaban J connectivity index is 1.35. The van der Waals surface area contributed by atoms with Gasteiger partial charge in [0.2, 0.25) is 11.8 Å². The Morgan fingerprint density at radius 3 is 2.82 bits per heavy atom. The van der Waals surface area contributed by atoms with E-state index in [1.165, 1.54) is 11.3 Å². The smallest absolute Gasteiger partial charge is 0.277 e. The van der Waals surface area contributed by atoms with Crippen molar-refractivity contribution in [2.24, 2.45) is 5.73 Å². The largest absolute Gasteiger partial charge is 0.416 e. The summed E-state index contributed by atoms with van der Waals surface area (Å²) in [4.78, 5) is 25.3. The monoisotopic (exact) mass is 414 g/mol. The van der Waals surface area contributed by atoms with Gasteiger partial charge in [0.05, 0.1) is 17.7 Å². The minimum Gasteiger partial charge on any atom is -0.416 e. The SMILES string of the molecule is NC(=O)c1c(NC(=O)CSc2nnc(Cc3ccccc3)o2)sc2c1CCC2. The number of hydrogen-bond acceptors (Lipinski definition) is 7. The molecule has 3 N–H and O–H groups in total. The molecule has 0 bridgehead atoms. The van der Waals surface area contributed by atoms with Crippen molar-refractivity contribution in [3.05, 3.63) is 57.8 Å². The number of aryl methyl sites for hydroxylation is 1. The molecule has 144 valence electrons. The first kappa shape index (κ1) is 18.7. The average Bonchev–Trinajstić information content (AvgIpc) is 3.36. The van der Waals surface area contributed by atoms with E-state index in [-0.39, 0.29) is 11.7 Å². The highest BCUT2D eigenvalue weighted by Crippen LogP contribution is 2.38. The zero-order valence-corrected chi connectivity index (χ0v) is 16.6. The van der Waals surface area contributed by atoms with Gasteiger partial charge in [0.25, 0.3) is 11.1 Å². The molecule has 1 aliphatic carbocycles. The Hall–Kier alpha value is -2.65. The first-order valence-electron chi connectivity index (χ1n) is 8.83. The minimum absolute atomic E-state index is 0.105. The molecule has 4 rings (SSSR count). The molecule has 3 aromatic rings. The second-order valence-electron chi connectivity index (χ2n) is 6.39. The van der Waals surface area contributed by atoms with E-state index in [0.29, 0.717) is 28.1 Å². The number of rotatable bonds is 7. The second-order valence-corrected chi connectivity index (χ2v) is 8.42. The standard InChI is InChI=1S/C19H18N4O3S2/c20-17(25)16-12-7-4-8-13(12)28-18(16)21-14(24)10-27-19-23-22-15(26-19)9-11-5-2-1-3-6-11/h1-3,5-6H,4,7-10H2,(H2,20,25)(H,21,24). The first-order chi connectivity index (χ1) is 13.6. The van der Waals surface area contributed by atoms with E-state index in [9.17, 15) is 9.59 Å². The molecule has 0 unspecified atom stereocenters. The summed E-state index contributed by atoms with van der Waals surface area (Å²) in [5.74, 6) is -0.131. The van der Waals surface area contributed by atoms with Crippen LogP contribution in [0.25, 0.3) is 0 Å². The maximum atomic E-state index is 12.3. The van der Waals surface area contributed by atoms with Gasteiger partial charge in [0.15, 0.2) is 0 Å². The molecular weight excluding hydrogens is 396 g/mol. The molecule has 0 atom stereocenters. The van der Waals surface area contributed by atoms with Crippen molar-refractivity contribution in [1.29, 1.82) is 0 Å². The highest BCUT2D eigenvalue weighted by atomic mass is 32.2. The maximum absolute atomic E-state index is 12.3. The molecule has 1 aliphatic rings. The molecule has 0 saturated carbocycles. The normalized spacial score (nSPS) is 12.7. The third-order valence-electron chi connectivity index (χ3n) is 4.39. The summed E-state index contributed by atoms with van der Waals surface area (Å²) < 4.78 is 5.59. The molecule has 0 aliphatic heterocycles. The number of nitrogens with zero attached hydrogens (tertiary/aromatic N) is 2. The van der Waals surface area contributed by atoms with Gasteiger partial charge in [-0.25, -0.2) is 0 Å². The average molecular weight is 415 g/mol. The van der Waals surface area contributed by atoms with Gasteiger partial charge >= 0.3 is 0 Å². The number of carbonyl (C=O) groups is 2. The fourth-order valence-corrected chi connectivity index (χ4v) is 5.07. The van der Waals surface area contributed by atoms with Crippen LogP contribution in [0.15, 0.2) is 40.0 Å². The molecule has 28 heavy (non-hydrogen) atoms. The predicted octanol–water partition coefficient (Wildman–Crippen LogP) is 3.04. The number of thioether (sulfide) groups is 1. The number of carbonyl (C=O) groups excluding carboxylic acids is 2. The van der Waals surface area contributed by atoms with E-state index in [1.807, 2.05) is 30.3 Å². The third-order valence-corrected chi connectivity index (χ3v) is 6.42. The van der Waals surface area contributed by atoms with Crippen LogP contribution in [0.4, 0.5) is 5.00 Å². The Morgan fingerprint density at radius 1 is 1.21 bits per heavy atom. The molecular formula is C19H18N4O3S2. The van der Waals surface area contributed by atoms with E-state index >= 15 is 0 Å². The molecule has 0 saturated heterocycles. The summed E-state index contributed by atoms with van der Waals surface area (Å²) in [6.45, 7) is 0. The van der Waals surface area contributed by atoms with E-state index < -0.39 is 5.91 Å². The number of nitrogens with two attached hydrogens (primary N) is 1. The van der Waals surface area contributed by atoms with E-state index in [4.69, 9.17) is 10.2 Å². The molecule has 7 nitrogen and oxygen atoms in total. The minimum atomic E-state index is -0.496. The van der Waals surface area contributed by atoms with E-state index in [2.05, 4.69) is 15.5 Å². The molecule has 2 aromatic heterocycles. The number of primary amides is 1. The molecule has 0 radical (unpaired) electrons. The molecule has 1 aromatic carbocycles. The predicted molar refractivity (Wildman–Crippen MR) is 108 cm³/mol. The number of hydrogen-bond donors (Lipinski definition) is 2. The Morgan fingerprint density at radius 2 is 2.04 bits per heavy atom. The topological polar surface area (TPSA) is 111 Å². The zero-order valence-electron chi connectivity index (χ0n) is 14.9. The van der Waals surface area contributed by atoms with Crippen molar-refractivity contribution in [3.63, 3.8) is 0 Å². The number of fused-ring (bicyclic) bond motifs is 1. The van der Waals surface area contributed by atoms with Gasteiger partial charge in [-0.15, -0.1) is 21.5 Å². The Labute approximate surface area is 169 Å². The van der Waals surface area contributed by atoms with Gasteiger partial charge in [0, 0.05) is 4.88 Å². The van der Waals surface area contributed by atoms with Crippen LogP contribution in [0.3, 0.4) is 0 Å². The Kier molecular flexibility index (Phi) is 5.45. The van der Waals surface area contributed by atoms with Crippen molar-refractivity contribution < 1.29 is 14.0 Å². The highest BCUT2D eigenvalue weighted by Gasteiger charge is 2.26. The maximum Gasteiger partial charge on any atom is 0.277 e. The van der Waals surface area contributed by atoms with Gasteiger partial charge in [-0.1, -0.05) is 42.1 Å². The van der Waals surface area contributed by atoms with Crippen LogP contribution >= 0.6 is 23.1 Å². The van der Waals surface area contributed by atoms with Gasteiger partial charge in [-0.3, -0.25) is 9.59 Å². The second kappa shape index (κ2) is 8.15. The number of amides is 2. The van der Waals surface area contributed by atoms with Crippen LogP contribution in [0.5, 0.6) is 0 Å². The number of benzene rings is 1. The summed E-state index contributed by atoms with van der Waals surface area (Å²) in [5, 5.41) is 11.7. The van der Waals surface area contributed by atoms with Crippen LogP contribution in [-0.4, -0.2) is 27.8 Å². The quantitative estimate of drug-likeness (QED) is 0.575. The van der Waals surface area contributed by atoms with E-state index in [0.717, 1.165) is 47.0 Å². The lowest BCUT2D eigenvalue weighted by Gasteiger charge is -2.05. The lowest BCUT2D eigenvalue weighted by molar-refractivity contribution is -0.113. The number of thiophene rings is 1. The number of aromatic nitrogens is 2.